The first-order chi connectivity index (χ1) is 6.72. The van der Waals surface area contributed by atoms with Crippen LogP contribution in [0.25, 0.3) is 0 Å². The predicted octanol–water partition coefficient (Wildman–Crippen LogP) is 2.64. The van der Waals surface area contributed by atoms with Crippen molar-refractivity contribution in [3.63, 3.8) is 0 Å². The van der Waals surface area contributed by atoms with E-state index in [1.165, 1.54) is 9.13 Å². The van der Waals surface area contributed by atoms with Crippen LogP contribution in [0.2, 0.25) is 0 Å². The molecule has 1 atom stereocenters. The van der Waals surface area contributed by atoms with Crippen molar-refractivity contribution in [2.45, 2.75) is 25.8 Å². The molecule has 0 spiro atoms. The van der Waals surface area contributed by atoms with Gasteiger partial charge in [-0.1, -0.05) is 6.92 Å². The Labute approximate surface area is 98.0 Å². The van der Waals surface area contributed by atoms with Gasteiger partial charge in [-0.15, -0.1) is 0 Å². The van der Waals surface area contributed by atoms with Crippen LogP contribution < -0.4 is 10.5 Å². The van der Waals surface area contributed by atoms with Gasteiger partial charge in [0.1, 0.15) is 5.75 Å². The monoisotopic (exact) mass is 303 g/mol. The molecule has 0 bridgehead atoms. The fourth-order valence-electron chi connectivity index (χ4n) is 1.75. The Morgan fingerprint density at radius 3 is 3.07 bits per heavy atom. The third-order valence-corrected chi connectivity index (χ3v) is 3.65. The standard InChI is InChI=1S/C11H14INO/c1-2-7-5-11-8(6-9(7)12)10(13)3-4-14-11/h5-6,10H,2-4,13H2,1H3/t10-/m1/s1. The zero-order chi connectivity index (χ0) is 10.1. The summed E-state index contributed by atoms with van der Waals surface area (Å²) in [5.74, 6) is 0.987. The first-order valence-corrected chi connectivity index (χ1v) is 6.01. The maximum atomic E-state index is 6.02. The normalized spacial score (nSPS) is 20.1. The highest BCUT2D eigenvalue weighted by atomic mass is 127. The molecule has 0 radical (unpaired) electrons. The zero-order valence-corrected chi connectivity index (χ0v) is 10.4. The van der Waals surface area contributed by atoms with E-state index in [0.29, 0.717) is 0 Å². The van der Waals surface area contributed by atoms with E-state index >= 15 is 0 Å². The Hall–Kier alpha value is -0.290. The number of hydrogen-bond donors (Lipinski definition) is 1. The van der Waals surface area contributed by atoms with Crippen LogP contribution in [0.4, 0.5) is 0 Å². The van der Waals surface area contributed by atoms with Gasteiger partial charge in [-0.3, -0.25) is 0 Å². The highest BCUT2D eigenvalue weighted by Crippen LogP contribution is 2.33. The van der Waals surface area contributed by atoms with Gasteiger partial charge < -0.3 is 10.5 Å². The second-order valence-corrected chi connectivity index (χ2v) is 4.74. The highest BCUT2D eigenvalue weighted by molar-refractivity contribution is 14.1. The van der Waals surface area contributed by atoms with E-state index in [1.54, 1.807) is 0 Å². The van der Waals surface area contributed by atoms with Crippen LogP contribution in [0.5, 0.6) is 5.75 Å². The van der Waals surface area contributed by atoms with Crippen molar-refractivity contribution in [2.75, 3.05) is 6.61 Å². The van der Waals surface area contributed by atoms with Crippen LogP contribution >= 0.6 is 22.6 Å². The Morgan fingerprint density at radius 2 is 2.36 bits per heavy atom. The van der Waals surface area contributed by atoms with Gasteiger partial charge in [0.05, 0.1) is 6.61 Å². The first-order valence-electron chi connectivity index (χ1n) is 4.93. The SMILES string of the molecule is CCc1cc2c(cc1I)[C@H](N)CCO2. The van der Waals surface area contributed by atoms with Gasteiger partial charge in [0.2, 0.25) is 0 Å². The maximum Gasteiger partial charge on any atom is 0.124 e. The van der Waals surface area contributed by atoms with Gasteiger partial charge in [0, 0.05) is 21.6 Å². The van der Waals surface area contributed by atoms with Crippen molar-refractivity contribution in [3.05, 3.63) is 26.8 Å². The number of fused-ring (bicyclic) bond motifs is 1. The van der Waals surface area contributed by atoms with Crippen LogP contribution in [-0.4, -0.2) is 6.61 Å². The summed E-state index contributed by atoms with van der Waals surface area (Å²) in [6, 6.07) is 4.45. The molecule has 0 fully saturated rings. The lowest BCUT2D eigenvalue weighted by Crippen LogP contribution is -2.21. The van der Waals surface area contributed by atoms with E-state index in [4.69, 9.17) is 10.5 Å². The lowest BCUT2D eigenvalue weighted by atomic mass is 9.99. The smallest absolute Gasteiger partial charge is 0.124 e. The molecule has 0 saturated heterocycles. The lowest BCUT2D eigenvalue weighted by molar-refractivity contribution is 0.268. The molecule has 2 nitrogen and oxygen atoms in total. The minimum Gasteiger partial charge on any atom is -0.493 e. The second-order valence-electron chi connectivity index (χ2n) is 3.58. The number of ether oxygens (including phenoxy) is 1. The molecule has 2 rings (SSSR count). The maximum absolute atomic E-state index is 6.02. The summed E-state index contributed by atoms with van der Waals surface area (Å²) in [5, 5.41) is 0. The molecule has 2 N–H and O–H groups in total. The summed E-state index contributed by atoms with van der Waals surface area (Å²) < 4.78 is 6.90. The lowest BCUT2D eigenvalue weighted by Gasteiger charge is -2.24. The summed E-state index contributed by atoms with van der Waals surface area (Å²) in [7, 11) is 0. The molecule has 1 heterocycles. The first kappa shape index (κ1) is 10.2. The molecule has 0 aromatic heterocycles. The van der Waals surface area contributed by atoms with Gasteiger partial charge in [0.15, 0.2) is 0 Å². The van der Waals surface area contributed by atoms with Gasteiger partial charge in [0.25, 0.3) is 0 Å². The quantitative estimate of drug-likeness (QED) is 0.810. The molecular formula is C11H14INO. The number of halogens is 1. The topological polar surface area (TPSA) is 35.2 Å². The van der Waals surface area contributed by atoms with Crippen LogP contribution in [-0.2, 0) is 6.42 Å². The summed E-state index contributed by atoms with van der Waals surface area (Å²) >= 11 is 2.37. The van der Waals surface area contributed by atoms with Crippen molar-refractivity contribution in [3.8, 4) is 5.75 Å². The molecule has 3 heteroatoms. The van der Waals surface area contributed by atoms with Gasteiger partial charge in [-0.05, 0) is 46.7 Å². The number of nitrogens with two attached hydrogens (primary N) is 1. The number of aryl methyl sites for hydroxylation is 1. The fraction of sp³-hybridized carbons (Fsp3) is 0.455. The van der Waals surface area contributed by atoms with Crippen molar-refractivity contribution >= 4 is 22.6 Å². The molecule has 0 aliphatic carbocycles. The van der Waals surface area contributed by atoms with Gasteiger partial charge in [-0.2, -0.15) is 0 Å². The second kappa shape index (κ2) is 4.06. The molecule has 0 saturated carbocycles. The molecular weight excluding hydrogens is 289 g/mol. The Balaban J connectivity index is 2.48. The van der Waals surface area contributed by atoms with Gasteiger partial charge >= 0.3 is 0 Å². The van der Waals surface area contributed by atoms with Crippen LogP contribution in [0.1, 0.15) is 30.5 Å². The Morgan fingerprint density at radius 1 is 1.57 bits per heavy atom. The summed E-state index contributed by atoms with van der Waals surface area (Å²) in [6.07, 6.45) is 1.97. The summed E-state index contributed by atoms with van der Waals surface area (Å²) in [5.41, 5.74) is 8.53. The predicted molar refractivity (Wildman–Crippen MR) is 65.6 cm³/mol. The van der Waals surface area contributed by atoms with Crippen molar-refractivity contribution < 1.29 is 4.74 Å². The Kier molecular flexibility index (Phi) is 2.97. The summed E-state index contributed by atoms with van der Waals surface area (Å²) in [6.45, 7) is 2.91. The third-order valence-electron chi connectivity index (χ3n) is 2.65. The fourth-order valence-corrected chi connectivity index (χ4v) is 2.62. The average molecular weight is 303 g/mol. The van der Waals surface area contributed by atoms with E-state index in [9.17, 15) is 0 Å². The molecule has 0 unspecified atom stereocenters. The molecule has 1 aliphatic rings. The summed E-state index contributed by atoms with van der Waals surface area (Å²) in [4.78, 5) is 0. The van der Waals surface area contributed by atoms with E-state index in [0.717, 1.165) is 30.8 Å². The minimum absolute atomic E-state index is 0.151. The minimum atomic E-state index is 0.151. The van der Waals surface area contributed by atoms with Crippen LogP contribution in [0, 0.1) is 3.57 Å². The molecule has 14 heavy (non-hydrogen) atoms. The van der Waals surface area contributed by atoms with E-state index in [1.807, 2.05) is 0 Å². The van der Waals surface area contributed by atoms with E-state index in [2.05, 4.69) is 41.6 Å². The van der Waals surface area contributed by atoms with Crippen molar-refractivity contribution in [1.29, 1.82) is 0 Å². The number of benzene rings is 1. The van der Waals surface area contributed by atoms with Crippen molar-refractivity contribution in [2.24, 2.45) is 5.73 Å². The molecule has 1 aromatic carbocycles. The average Bonchev–Trinajstić information content (AvgIpc) is 2.19. The van der Waals surface area contributed by atoms with Crippen molar-refractivity contribution in [1.82, 2.24) is 0 Å². The van der Waals surface area contributed by atoms with Gasteiger partial charge in [-0.25, -0.2) is 0 Å². The zero-order valence-electron chi connectivity index (χ0n) is 8.22. The largest absolute Gasteiger partial charge is 0.493 e. The van der Waals surface area contributed by atoms with Crippen LogP contribution in [0.3, 0.4) is 0 Å². The van der Waals surface area contributed by atoms with E-state index < -0.39 is 0 Å². The third kappa shape index (κ3) is 1.75. The number of rotatable bonds is 1. The Bertz CT molecular complexity index is 351. The molecule has 76 valence electrons. The van der Waals surface area contributed by atoms with E-state index in [-0.39, 0.29) is 6.04 Å². The van der Waals surface area contributed by atoms with Crippen LogP contribution in [0.15, 0.2) is 12.1 Å². The number of hydrogen-bond acceptors (Lipinski definition) is 2. The molecule has 1 aromatic rings. The molecule has 1 aliphatic heterocycles. The molecule has 0 amide bonds. The highest BCUT2D eigenvalue weighted by Gasteiger charge is 2.19.